The SMILES string of the molecule is C=C(C)[C@]1(OCc2ccccc2)COCC[C@H]1O. The van der Waals surface area contributed by atoms with E-state index in [0.717, 1.165) is 11.1 Å². The summed E-state index contributed by atoms with van der Waals surface area (Å²) in [6, 6.07) is 9.92. The van der Waals surface area contributed by atoms with E-state index in [-0.39, 0.29) is 0 Å². The second-order valence-electron chi connectivity index (χ2n) is 4.80. The molecule has 1 aliphatic rings. The van der Waals surface area contributed by atoms with E-state index in [9.17, 15) is 5.11 Å². The number of ether oxygens (including phenoxy) is 2. The second-order valence-corrected chi connectivity index (χ2v) is 4.80. The molecule has 1 heterocycles. The summed E-state index contributed by atoms with van der Waals surface area (Å²) in [4.78, 5) is 0. The van der Waals surface area contributed by atoms with Gasteiger partial charge in [-0.25, -0.2) is 0 Å². The zero-order valence-corrected chi connectivity index (χ0v) is 10.8. The van der Waals surface area contributed by atoms with Crippen molar-refractivity contribution in [3.63, 3.8) is 0 Å². The molecule has 1 aromatic rings. The molecule has 2 rings (SSSR count). The maximum atomic E-state index is 10.2. The standard InChI is InChI=1S/C15H20O3/c1-12(2)15(11-17-9-8-14(15)16)18-10-13-6-4-3-5-7-13/h3-7,14,16H,1,8-11H2,2H3/t14-,15-/m1/s1. The molecule has 0 saturated carbocycles. The van der Waals surface area contributed by atoms with Crippen molar-refractivity contribution in [3.8, 4) is 0 Å². The highest BCUT2D eigenvalue weighted by Gasteiger charge is 2.42. The van der Waals surface area contributed by atoms with Crippen molar-refractivity contribution in [2.45, 2.75) is 31.7 Å². The van der Waals surface area contributed by atoms with Gasteiger partial charge < -0.3 is 14.6 Å². The van der Waals surface area contributed by atoms with Gasteiger partial charge in [-0.15, -0.1) is 0 Å². The zero-order chi connectivity index (χ0) is 13.0. The molecule has 1 fully saturated rings. The van der Waals surface area contributed by atoms with Gasteiger partial charge in [-0.05, 0) is 24.5 Å². The largest absolute Gasteiger partial charge is 0.390 e. The van der Waals surface area contributed by atoms with Crippen molar-refractivity contribution >= 4 is 0 Å². The van der Waals surface area contributed by atoms with E-state index in [0.29, 0.717) is 26.2 Å². The monoisotopic (exact) mass is 248 g/mol. The average Bonchev–Trinajstić information content (AvgIpc) is 2.39. The Balaban J connectivity index is 2.09. The summed E-state index contributed by atoms with van der Waals surface area (Å²) in [5, 5.41) is 10.2. The summed E-state index contributed by atoms with van der Waals surface area (Å²) in [6.45, 7) is 7.22. The Labute approximate surface area is 108 Å². The molecular weight excluding hydrogens is 228 g/mol. The van der Waals surface area contributed by atoms with Crippen molar-refractivity contribution in [2.24, 2.45) is 0 Å². The molecule has 0 amide bonds. The van der Waals surface area contributed by atoms with Gasteiger partial charge in [0.2, 0.25) is 0 Å². The summed E-state index contributed by atoms with van der Waals surface area (Å²) in [5.41, 5.74) is 1.12. The van der Waals surface area contributed by atoms with Gasteiger partial charge in [-0.2, -0.15) is 0 Å². The molecule has 3 heteroatoms. The molecule has 0 radical (unpaired) electrons. The van der Waals surface area contributed by atoms with Crippen LogP contribution in [0.25, 0.3) is 0 Å². The van der Waals surface area contributed by atoms with E-state index < -0.39 is 11.7 Å². The van der Waals surface area contributed by atoms with Gasteiger partial charge in [-0.1, -0.05) is 36.9 Å². The molecule has 2 atom stereocenters. The Hall–Kier alpha value is -1.16. The number of hydrogen-bond donors (Lipinski definition) is 1. The van der Waals surface area contributed by atoms with Crippen molar-refractivity contribution in [1.82, 2.24) is 0 Å². The average molecular weight is 248 g/mol. The second kappa shape index (κ2) is 5.65. The van der Waals surface area contributed by atoms with E-state index in [2.05, 4.69) is 6.58 Å². The Morgan fingerprint density at radius 2 is 2.22 bits per heavy atom. The summed E-state index contributed by atoms with van der Waals surface area (Å²) in [7, 11) is 0. The van der Waals surface area contributed by atoms with Gasteiger partial charge in [0.05, 0.1) is 19.3 Å². The van der Waals surface area contributed by atoms with Crippen LogP contribution in [0.4, 0.5) is 0 Å². The molecule has 1 aromatic carbocycles. The minimum Gasteiger partial charge on any atom is -0.390 e. The van der Waals surface area contributed by atoms with Gasteiger partial charge in [-0.3, -0.25) is 0 Å². The topological polar surface area (TPSA) is 38.7 Å². The summed E-state index contributed by atoms with van der Waals surface area (Å²) < 4.78 is 11.4. The zero-order valence-electron chi connectivity index (χ0n) is 10.8. The molecule has 18 heavy (non-hydrogen) atoms. The molecule has 1 saturated heterocycles. The first-order valence-electron chi connectivity index (χ1n) is 6.25. The normalized spacial score (nSPS) is 28.0. The fourth-order valence-electron chi connectivity index (χ4n) is 2.20. The van der Waals surface area contributed by atoms with Gasteiger partial charge in [0.25, 0.3) is 0 Å². The van der Waals surface area contributed by atoms with E-state index in [1.165, 1.54) is 0 Å². The summed E-state index contributed by atoms with van der Waals surface area (Å²) in [6.07, 6.45) is 0.0363. The Bertz CT molecular complexity index is 401. The molecule has 3 nitrogen and oxygen atoms in total. The van der Waals surface area contributed by atoms with Crippen LogP contribution < -0.4 is 0 Å². The van der Waals surface area contributed by atoms with Gasteiger partial charge in [0, 0.05) is 6.61 Å². The molecule has 0 aromatic heterocycles. The highest BCUT2D eigenvalue weighted by atomic mass is 16.6. The predicted molar refractivity (Wildman–Crippen MR) is 70.2 cm³/mol. The third-order valence-corrected chi connectivity index (χ3v) is 3.45. The van der Waals surface area contributed by atoms with Crippen LogP contribution in [0.15, 0.2) is 42.5 Å². The van der Waals surface area contributed by atoms with Crippen LogP contribution in [0.3, 0.4) is 0 Å². The van der Waals surface area contributed by atoms with E-state index in [1.807, 2.05) is 37.3 Å². The molecule has 98 valence electrons. The molecular formula is C15H20O3. The molecule has 1 aliphatic heterocycles. The van der Waals surface area contributed by atoms with Crippen molar-refractivity contribution in [3.05, 3.63) is 48.0 Å². The fourth-order valence-corrected chi connectivity index (χ4v) is 2.20. The van der Waals surface area contributed by atoms with E-state index in [4.69, 9.17) is 9.47 Å². The Morgan fingerprint density at radius 3 is 2.83 bits per heavy atom. The third-order valence-electron chi connectivity index (χ3n) is 3.45. The summed E-state index contributed by atoms with van der Waals surface area (Å²) in [5.74, 6) is 0. The van der Waals surface area contributed by atoms with Crippen LogP contribution >= 0.6 is 0 Å². The van der Waals surface area contributed by atoms with Crippen LogP contribution in [0.1, 0.15) is 18.9 Å². The van der Waals surface area contributed by atoms with Gasteiger partial charge >= 0.3 is 0 Å². The maximum absolute atomic E-state index is 10.2. The van der Waals surface area contributed by atoms with Crippen molar-refractivity contribution in [2.75, 3.05) is 13.2 Å². The first kappa shape index (κ1) is 13.3. The van der Waals surface area contributed by atoms with E-state index >= 15 is 0 Å². The summed E-state index contributed by atoms with van der Waals surface area (Å²) >= 11 is 0. The number of benzene rings is 1. The Morgan fingerprint density at radius 1 is 1.50 bits per heavy atom. The van der Waals surface area contributed by atoms with Crippen LogP contribution in [-0.2, 0) is 16.1 Å². The first-order valence-corrected chi connectivity index (χ1v) is 6.25. The van der Waals surface area contributed by atoms with Crippen molar-refractivity contribution in [1.29, 1.82) is 0 Å². The lowest BCUT2D eigenvalue weighted by Gasteiger charge is -2.41. The molecule has 0 spiro atoms. The molecule has 0 aliphatic carbocycles. The Kier molecular flexibility index (Phi) is 4.17. The fraction of sp³-hybridized carbons (Fsp3) is 0.467. The minimum atomic E-state index is -0.770. The number of aliphatic hydroxyl groups is 1. The highest BCUT2D eigenvalue weighted by Crippen LogP contribution is 2.31. The van der Waals surface area contributed by atoms with Crippen LogP contribution in [0, 0.1) is 0 Å². The minimum absolute atomic E-state index is 0.371. The van der Waals surface area contributed by atoms with Crippen molar-refractivity contribution < 1.29 is 14.6 Å². The maximum Gasteiger partial charge on any atom is 0.138 e. The number of rotatable bonds is 4. The lowest BCUT2D eigenvalue weighted by atomic mass is 9.86. The van der Waals surface area contributed by atoms with E-state index in [1.54, 1.807) is 0 Å². The van der Waals surface area contributed by atoms with Crippen LogP contribution in [0.5, 0.6) is 0 Å². The lowest BCUT2D eigenvalue weighted by Crippen LogP contribution is -2.53. The number of hydrogen-bond acceptors (Lipinski definition) is 3. The van der Waals surface area contributed by atoms with Gasteiger partial charge in [0.1, 0.15) is 5.60 Å². The smallest absolute Gasteiger partial charge is 0.138 e. The molecule has 0 bridgehead atoms. The quantitative estimate of drug-likeness (QED) is 0.831. The molecule has 0 unspecified atom stereocenters. The van der Waals surface area contributed by atoms with Crippen LogP contribution in [-0.4, -0.2) is 30.0 Å². The lowest BCUT2D eigenvalue weighted by molar-refractivity contribution is -0.174. The third kappa shape index (κ3) is 2.64. The van der Waals surface area contributed by atoms with Crippen LogP contribution in [0.2, 0.25) is 0 Å². The number of aliphatic hydroxyl groups excluding tert-OH is 1. The molecule has 1 N–H and O–H groups in total. The first-order chi connectivity index (χ1) is 8.65. The van der Waals surface area contributed by atoms with Gasteiger partial charge in [0.15, 0.2) is 0 Å². The predicted octanol–water partition coefficient (Wildman–Crippen LogP) is 2.30. The highest BCUT2D eigenvalue weighted by molar-refractivity contribution is 5.18.